The van der Waals surface area contributed by atoms with Crippen molar-refractivity contribution in [3.63, 3.8) is 0 Å². The van der Waals surface area contributed by atoms with Gasteiger partial charge in [0.2, 0.25) is 5.91 Å². The summed E-state index contributed by atoms with van der Waals surface area (Å²) in [4.78, 5) is 42.2. The van der Waals surface area contributed by atoms with Gasteiger partial charge in [-0.05, 0) is 64.0 Å². The van der Waals surface area contributed by atoms with Crippen LogP contribution < -0.4 is 19.7 Å². The molecule has 0 unspecified atom stereocenters. The minimum absolute atomic E-state index is 0.225. The summed E-state index contributed by atoms with van der Waals surface area (Å²) in [6.07, 6.45) is 1.62. The Morgan fingerprint density at radius 3 is 2.57 bits per heavy atom. The van der Waals surface area contributed by atoms with Crippen molar-refractivity contribution in [2.75, 3.05) is 50.2 Å². The van der Waals surface area contributed by atoms with Gasteiger partial charge < -0.3 is 24.4 Å². The highest BCUT2D eigenvalue weighted by molar-refractivity contribution is 8.18. The van der Waals surface area contributed by atoms with Crippen LogP contribution in [0.3, 0.4) is 0 Å². The van der Waals surface area contributed by atoms with Gasteiger partial charge in [0.25, 0.3) is 11.1 Å². The average Bonchev–Trinajstić information content (AvgIpc) is 3.31. The Labute approximate surface area is 259 Å². The highest BCUT2D eigenvalue weighted by Gasteiger charge is 2.36. The van der Waals surface area contributed by atoms with E-state index in [0.717, 1.165) is 38.7 Å². The van der Waals surface area contributed by atoms with Gasteiger partial charge in [0.15, 0.2) is 11.5 Å². The Hall–Kier alpha value is -4.80. The van der Waals surface area contributed by atoms with Crippen LogP contribution in [-0.2, 0) is 20.9 Å². The molecule has 0 bridgehead atoms. The molecule has 224 valence electrons. The van der Waals surface area contributed by atoms with Gasteiger partial charge in [-0.15, -0.1) is 0 Å². The lowest BCUT2D eigenvalue weighted by Gasteiger charge is -2.30. The summed E-state index contributed by atoms with van der Waals surface area (Å²) in [6.45, 7) is 2.61. The molecule has 0 aromatic heterocycles. The van der Waals surface area contributed by atoms with Gasteiger partial charge >= 0.3 is 0 Å². The first-order chi connectivity index (χ1) is 21.5. The maximum Gasteiger partial charge on any atom is 0.294 e. The third kappa shape index (κ3) is 6.41. The Bertz CT molecular complexity index is 1750. The SMILES string of the molecule is COc1cc(/C=C2/SC(=O)N(CC(=O)Nc3ccccc3N3CCOCC3)C2=O)ccc1OCc1cccc2ccccc12. The summed E-state index contributed by atoms with van der Waals surface area (Å²) in [5.41, 5.74) is 3.21. The number of imide groups is 1. The molecule has 0 aliphatic carbocycles. The molecule has 3 amide bonds. The predicted octanol–water partition coefficient (Wildman–Crippen LogP) is 5.94. The lowest BCUT2D eigenvalue weighted by atomic mass is 10.1. The summed E-state index contributed by atoms with van der Waals surface area (Å²) >= 11 is 0.801. The minimum atomic E-state index is -0.521. The van der Waals surface area contributed by atoms with E-state index >= 15 is 0 Å². The van der Waals surface area contributed by atoms with Gasteiger partial charge in [0.1, 0.15) is 13.2 Å². The van der Waals surface area contributed by atoms with Crippen LogP contribution in [0.5, 0.6) is 11.5 Å². The van der Waals surface area contributed by atoms with Gasteiger partial charge in [0.05, 0.1) is 36.6 Å². The van der Waals surface area contributed by atoms with Crippen molar-refractivity contribution < 1.29 is 28.6 Å². The zero-order chi connectivity index (χ0) is 30.5. The van der Waals surface area contributed by atoms with Crippen LogP contribution in [0.25, 0.3) is 16.8 Å². The van der Waals surface area contributed by atoms with Crippen molar-refractivity contribution in [2.45, 2.75) is 6.61 Å². The molecular weight excluding hydrogens is 578 g/mol. The first-order valence-corrected chi connectivity index (χ1v) is 15.1. The highest BCUT2D eigenvalue weighted by atomic mass is 32.2. The fourth-order valence-corrected chi connectivity index (χ4v) is 6.09. The van der Waals surface area contributed by atoms with Crippen LogP contribution in [-0.4, -0.2) is 61.9 Å². The Balaban J connectivity index is 1.12. The Morgan fingerprint density at radius 1 is 0.955 bits per heavy atom. The van der Waals surface area contributed by atoms with E-state index in [2.05, 4.69) is 28.4 Å². The summed E-state index contributed by atoms with van der Waals surface area (Å²) in [7, 11) is 1.55. The van der Waals surface area contributed by atoms with Crippen LogP contribution in [0.2, 0.25) is 0 Å². The van der Waals surface area contributed by atoms with Crippen LogP contribution in [0.15, 0.2) is 89.8 Å². The number of amides is 3. The Morgan fingerprint density at radius 2 is 1.73 bits per heavy atom. The van der Waals surface area contributed by atoms with E-state index < -0.39 is 17.1 Å². The molecule has 44 heavy (non-hydrogen) atoms. The van der Waals surface area contributed by atoms with Gasteiger partial charge in [-0.25, -0.2) is 0 Å². The van der Waals surface area contributed by atoms with E-state index in [9.17, 15) is 14.4 Å². The number of nitrogens with one attached hydrogen (secondary N) is 1. The third-order valence-corrected chi connectivity index (χ3v) is 8.36. The number of anilines is 2. The van der Waals surface area contributed by atoms with Gasteiger partial charge in [-0.3, -0.25) is 19.3 Å². The first kappa shape index (κ1) is 29.3. The molecule has 2 fully saturated rings. The fraction of sp³-hybridized carbons (Fsp3) is 0.206. The number of thioether (sulfide) groups is 1. The number of hydrogen-bond acceptors (Lipinski definition) is 8. The highest BCUT2D eigenvalue weighted by Crippen LogP contribution is 2.35. The molecule has 2 aliphatic heterocycles. The second-order valence-corrected chi connectivity index (χ2v) is 11.3. The topological polar surface area (TPSA) is 97.4 Å². The molecule has 2 saturated heterocycles. The van der Waals surface area contributed by atoms with Crippen molar-refractivity contribution >= 4 is 57.0 Å². The molecule has 10 heteroatoms. The summed E-state index contributed by atoms with van der Waals surface area (Å²) in [6, 6.07) is 27.0. The number of fused-ring (bicyclic) bond motifs is 1. The number of carbonyl (C=O) groups excluding carboxylic acids is 3. The summed E-state index contributed by atoms with van der Waals surface area (Å²) < 4.78 is 17.1. The second kappa shape index (κ2) is 13.2. The first-order valence-electron chi connectivity index (χ1n) is 14.2. The summed E-state index contributed by atoms with van der Waals surface area (Å²) in [5.74, 6) is 0.0757. The summed E-state index contributed by atoms with van der Waals surface area (Å²) in [5, 5.41) is 4.63. The van der Waals surface area contributed by atoms with Crippen molar-refractivity contribution in [1.29, 1.82) is 0 Å². The van der Waals surface area contributed by atoms with E-state index in [1.54, 1.807) is 37.5 Å². The number of para-hydroxylation sites is 2. The lowest BCUT2D eigenvalue weighted by molar-refractivity contribution is -0.127. The van der Waals surface area contributed by atoms with Crippen molar-refractivity contribution in [3.05, 3.63) is 101 Å². The molecule has 9 nitrogen and oxygen atoms in total. The molecule has 4 aromatic carbocycles. The average molecular weight is 610 g/mol. The molecule has 6 rings (SSSR count). The number of nitrogens with zero attached hydrogens (tertiary/aromatic N) is 2. The molecular formula is C34H31N3O6S. The molecule has 4 aromatic rings. The standard InChI is InChI=1S/C34H31N3O6S/c1-41-30-19-23(13-14-29(30)43-22-25-9-6-8-24-7-2-3-10-26(24)25)20-31-33(39)37(34(40)44-31)21-32(38)35-27-11-4-5-12-28(27)36-15-17-42-18-16-36/h2-14,19-20H,15-18,21-22H2,1H3,(H,35,38)/b31-20+. The van der Waals surface area contributed by atoms with E-state index in [0.29, 0.717) is 55.7 Å². The smallest absolute Gasteiger partial charge is 0.294 e. The van der Waals surface area contributed by atoms with Crippen molar-refractivity contribution in [3.8, 4) is 11.5 Å². The predicted molar refractivity (Wildman–Crippen MR) is 172 cm³/mol. The number of benzene rings is 4. The molecule has 0 spiro atoms. The zero-order valence-corrected chi connectivity index (χ0v) is 25.0. The number of hydrogen-bond donors (Lipinski definition) is 1. The number of ether oxygens (including phenoxy) is 3. The number of methoxy groups -OCH3 is 1. The van der Waals surface area contributed by atoms with E-state index in [4.69, 9.17) is 14.2 Å². The van der Waals surface area contributed by atoms with Gasteiger partial charge in [-0.2, -0.15) is 0 Å². The third-order valence-electron chi connectivity index (χ3n) is 7.45. The number of carbonyl (C=O) groups is 3. The van der Waals surface area contributed by atoms with Crippen LogP contribution in [0, 0.1) is 0 Å². The van der Waals surface area contributed by atoms with Crippen LogP contribution >= 0.6 is 11.8 Å². The maximum absolute atomic E-state index is 13.2. The number of morpholine rings is 1. The molecule has 0 radical (unpaired) electrons. The van der Waals surface area contributed by atoms with E-state index in [-0.39, 0.29) is 11.4 Å². The molecule has 2 aliphatic rings. The van der Waals surface area contributed by atoms with Crippen molar-refractivity contribution in [1.82, 2.24) is 4.90 Å². The number of rotatable bonds is 9. The van der Waals surface area contributed by atoms with Crippen LogP contribution in [0.1, 0.15) is 11.1 Å². The quantitative estimate of drug-likeness (QED) is 0.233. The molecule has 0 atom stereocenters. The molecule has 0 saturated carbocycles. The normalized spacial score (nSPS) is 16.1. The van der Waals surface area contributed by atoms with Gasteiger partial charge in [-0.1, -0.05) is 60.7 Å². The van der Waals surface area contributed by atoms with E-state index in [1.807, 2.05) is 42.5 Å². The van der Waals surface area contributed by atoms with Crippen molar-refractivity contribution in [2.24, 2.45) is 0 Å². The monoisotopic (exact) mass is 609 g/mol. The second-order valence-electron chi connectivity index (χ2n) is 10.3. The Kier molecular flexibility index (Phi) is 8.81. The zero-order valence-electron chi connectivity index (χ0n) is 24.2. The minimum Gasteiger partial charge on any atom is -0.493 e. The fourth-order valence-electron chi connectivity index (χ4n) is 5.25. The maximum atomic E-state index is 13.2. The van der Waals surface area contributed by atoms with Gasteiger partial charge in [0, 0.05) is 13.1 Å². The van der Waals surface area contributed by atoms with Crippen LogP contribution in [0.4, 0.5) is 16.2 Å². The molecule has 1 N–H and O–H groups in total. The lowest BCUT2D eigenvalue weighted by Crippen LogP contribution is -2.38. The molecule has 2 heterocycles. The largest absolute Gasteiger partial charge is 0.493 e. The van der Waals surface area contributed by atoms with E-state index in [1.165, 1.54) is 0 Å².